The van der Waals surface area contributed by atoms with Crippen LogP contribution in [0.1, 0.15) is 30.9 Å². The molecule has 11 heteroatoms. The molecule has 3 aromatic rings. The first-order valence-corrected chi connectivity index (χ1v) is 12.8. The fourth-order valence-electron chi connectivity index (χ4n) is 4.29. The maximum absolute atomic E-state index is 15.2. The van der Waals surface area contributed by atoms with E-state index in [9.17, 15) is 19.2 Å². The van der Waals surface area contributed by atoms with Gasteiger partial charge < -0.3 is 10.6 Å². The first-order valence-electron chi connectivity index (χ1n) is 11.2. The molecule has 2 N–H and O–H groups in total. The van der Waals surface area contributed by atoms with Gasteiger partial charge in [-0.1, -0.05) is 35.3 Å². The predicted octanol–water partition coefficient (Wildman–Crippen LogP) is 3.79. The van der Waals surface area contributed by atoms with Crippen LogP contribution in [0, 0.1) is 23.0 Å². The molecule has 0 bridgehead atoms. The zero-order valence-electron chi connectivity index (χ0n) is 19.7. The maximum Gasteiger partial charge on any atom is 0.274 e. The summed E-state index contributed by atoms with van der Waals surface area (Å²) >= 11 is 13.4. The monoisotopic (exact) mass is 560 g/mol. The van der Waals surface area contributed by atoms with Crippen LogP contribution in [0.3, 0.4) is 0 Å². The van der Waals surface area contributed by atoms with Crippen molar-refractivity contribution in [1.82, 2.24) is 9.47 Å². The summed E-state index contributed by atoms with van der Waals surface area (Å²) in [4.78, 5) is 28.8. The summed E-state index contributed by atoms with van der Waals surface area (Å²) in [6, 6.07) is 10.1. The highest BCUT2D eigenvalue weighted by Gasteiger charge is 2.39. The Morgan fingerprint density at radius 2 is 1.78 bits per heavy atom. The molecule has 0 spiro atoms. The molecule has 0 saturated carbocycles. The Morgan fingerprint density at radius 1 is 1.16 bits per heavy atom. The van der Waals surface area contributed by atoms with Crippen molar-refractivity contribution in [3.05, 3.63) is 94.3 Å². The number of nitrogens with two attached hydrogens (primary N) is 1. The highest BCUT2D eigenvalue weighted by molar-refractivity contribution is 7.07. The molecular formula is C26H20Cl2F2N4O2S. The molecule has 2 aromatic carbocycles. The third kappa shape index (κ3) is 4.46. The van der Waals surface area contributed by atoms with Gasteiger partial charge in [-0.05, 0) is 44.2 Å². The number of carbonyl (C=O) groups excluding carboxylic acids is 1. The Kier molecular flexibility index (Phi) is 7.55. The molecule has 6 nitrogen and oxygen atoms in total. The molecule has 0 saturated heterocycles. The highest BCUT2D eigenvalue weighted by Crippen LogP contribution is 2.41. The summed E-state index contributed by atoms with van der Waals surface area (Å²) in [5.41, 5.74) is 5.28. The van der Waals surface area contributed by atoms with E-state index < -0.39 is 29.0 Å². The Bertz CT molecular complexity index is 1640. The van der Waals surface area contributed by atoms with E-state index in [-0.39, 0.29) is 47.3 Å². The molecule has 0 fully saturated rings. The van der Waals surface area contributed by atoms with Crippen molar-refractivity contribution in [3.63, 3.8) is 0 Å². The van der Waals surface area contributed by atoms with Crippen LogP contribution in [0.15, 0.2) is 46.8 Å². The van der Waals surface area contributed by atoms with E-state index in [1.54, 1.807) is 13.8 Å². The number of hydrogen-bond donors (Lipinski definition) is 1. The minimum absolute atomic E-state index is 0.00678. The second-order valence-corrected chi connectivity index (χ2v) is 9.91. The van der Waals surface area contributed by atoms with Gasteiger partial charge in [0.15, 0.2) is 0 Å². The number of amides is 1. The molecule has 1 aliphatic heterocycles. The van der Waals surface area contributed by atoms with E-state index in [4.69, 9.17) is 28.9 Å². The van der Waals surface area contributed by atoms with Crippen molar-refractivity contribution in [2.24, 2.45) is 5.73 Å². The number of thiazole rings is 1. The third-order valence-electron chi connectivity index (χ3n) is 6.11. The van der Waals surface area contributed by atoms with Crippen LogP contribution < -0.4 is 20.5 Å². The number of carbonyl (C=O) groups is 1. The second-order valence-electron chi connectivity index (χ2n) is 8.06. The van der Waals surface area contributed by atoms with Gasteiger partial charge in [0.05, 0.1) is 32.7 Å². The van der Waals surface area contributed by atoms with Crippen molar-refractivity contribution in [1.29, 1.82) is 5.26 Å². The lowest BCUT2D eigenvalue weighted by Crippen LogP contribution is -2.43. The topological polar surface area (TPSA) is 92.1 Å². The van der Waals surface area contributed by atoms with Gasteiger partial charge in [0.2, 0.25) is 0 Å². The molecule has 1 unspecified atom stereocenters. The number of aromatic nitrogens is 1. The number of halogens is 4. The molecule has 37 heavy (non-hydrogen) atoms. The van der Waals surface area contributed by atoms with E-state index in [2.05, 4.69) is 0 Å². The van der Waals surface area contributed by atoms with Crippen LogP contribution in [0.4, 0.5) is 8.78 Å². The summed E-state index contributed by atoms with van der Waals surface area (Å²) in [5, 5.41) is 10.2. The molecule has 0 aliphatic carbocycles. The summed E-state index contributed by atoms with van der Waals surface area (Å²) in [7, 11) is 0. The molecule has 0 radical (unpaired) electrons. The molecule has 1 aromatic heterocycles. The van der Waals surface area contributed by atoms with E-state index in [1.165, 1.54) is 47.4 Å². The van der Waals surface area contributed by atoms with Crippen molar-refractivity contribution in [2.75, 3.05) is 13.1 Å². The lowest BCUT2D eigenvalue weighted by molar-refractivity contribution is -0.125. The van der Waals surface area contributed by atoms with Crippen molar-refractivity contribution in [3.8, 4) is 6.07 Å². The van der Waals surface area contributed by atoms with Crippen LogP contribution in [-0.2, 0) is 4.79 Å². The van der Waals surface area contributed by atoms with Crippen LogP contribution in [0.2, 0.25) is 10.0 Å². The molecule has 1 amide bonds. The number of nitrogens with zero attached hydrogens (tertiary/aromatic N) is 3. The smallest absolute Gasteiger partial charge is 0.274 e. The number of hydrogen-bond acceptors (Lipinski definition) is 5. The standard InChI is InChI=1S/C26H20Cl2F2N4O2S/c1-3-33(4-2)25(36)22-20(21-16(28)8-6-10-18(21)30)14(12-31)23(32)34-24(35)19(37-26(22)34)11-13-15(27)7-5-9-17(13)29/h5-11,20H,3-4,32H2,1-2H3/b19-11-. The average molecular weight is 561 g/mol. The summed E-state index contributed by atoms with van der Waals surface area (Å²) in [6.07, 6.45) is 1.26. The fourth-order valence-corrected chi connectivity index (χ4v) is 5.93. The van der Waals surface area contributed by atoms with E-state index >= 15 is 4.39 Å². The second kappa shape index (κ2) is 10.5. The van der Waals surface area contributed by atoms with Crippen molar-refractivity contribution in [2.45, 2.75) is 19.8 Å². The van der Waals surface area contributed by atoms with Gasteiger partial charge in [0, 0.05) is 29.2 Å². The summed E-state index contributed by atoms with van der Waals surface area (Å²) in [5.74, 6) is -3.43. The van der Waals surface area contributed by atoms with Crippen LogP contribution in [0.5, 0.6) is 0 Å². The zero-order chi connectivity index (χ0) is 27.0. The minimum atomic E-state index is -1.27. The quantitative estimate of drug-likeness (QED) is 0.513. The Morgan fingerprint density at radius 3 is 2.35 bits per heavy atom. The SMILES string of the molecule is CCN(CC)C(=O)C1=c2s/c(=C\c3c(F)cccc3Cl)c(=O)n2C(N)=C(C#N)C1c1c(F)cccc1Cl. The van der Waals surface area contributed by atoms with Gasteiger partial charge in [0.25, 0.3) is 11.5 Å². The van der Waals surface area contributed by atoms with E-state index in [0.717, 1.165) is 15.9 Å². The largest absolute Gasteiger partial charge is 0.384 e. The number of fused-ring (bicyclic) bond motifs is 1. The predicted molar refractivity (Wildman–Crippen MR) is 141 cm³/mol. The number of benzene rings is 2. The highest BCUT2D eigenvalue weighted by atomic mass is 35.5. The third-order valence-corrected chi connectivity index (χ3v) is 7.88. The lowest BCUT2D eigenvalue weighted by Gasteiger charge is -2.29. The van der Waals surface area contributed by atoms with Crippen LogP contribution in [0.25, 0.3) is 17.5 Å². The fraction of sp³-hybridized carbons (Fsp3) is 0.192. The lowest BCUT2D eigenvalue weighted by atomic mass is 9.82. The Labute approximate surface area is 224 Å². The molecule has 1 atom stereocenters. The number of nitriles is 1. The minimum Gasteiger partial charge on any atom is -0.384 e. The number of rotatable bonds is 5. The molecule has 4 rings (SSSR count). The molecule has 2 heterocycles. The van der Waals surface area contributed by atoms with Crippen molar-refractivity contribution >= 4 is 57.9 Å². The van der Waals surface area contributed by atoms with Gasteiger partial charge in [0.1, 0.15) is 22.1 Å². The van der Waals surface area contributed by atoms with Crippen LogP contribution in [-0.4, -0.2) is 28.5 Å². The first-order chi connectivity index (χ1) is 17.7. The van der Waals surface area contributed by atoms with Gasteiger partial charge >= 0.3 is 0 Å². The maximum atomic E-state index is 15.2. The first kappa shape index (κ1) is 26.6. The summed E-state index contributed by atoms with van der Waals surface area (Å²) in [6.45, 7) is 4.17. The molecular weight excluding hydrogens is 541 g/mol. The van der Waals surface area contributed by atoms with Gasteiger partial charge in [-0.25, -0.2) is 8.78 Å². The van der Waals surface area contributed by atoms with Crippen molar-refractivity contribution < 1.29 is 13.6 Å². The Balaban J connectivity index is 2.20. The van der Waals surface area contributed by atoms with E-state index in [0.29, 0.717) is 13.1 Å². The van der Waals surface area contributed by atoms with Gasteiger partial charge in [-0.3, -0.25) is 14.2 Å². The number of allylic oxidation sites excluding steroid dienone is 1. The average Bonchev–Trinajstić information content (AvgIpc) is 3.18. The zero-order valence-corrected chi connectivity index (χ0v) is 22.0. The summed E-state index contributed by atoms with van der Waals surface area (Å²) < 4.78 is 30.8. The normalized spacial score (nSPS) is 15.5. The van der Waals surface area contributed by atoms with E-state index in [1.807, 2.05) is 6.07 Å². The van der Waals surface area contributed by atoms with Gasteiger partial charge in [-0.15, -0.1) is 11.3 Å². The molecule has 190 valence electrons. The van der Waals surface area contributed by atoms with Gasteiger partial charge in [-0.2, -0.15) is 5.26 Å². The van der Waals surface area contributed by atoms with Crippen LogP contribution >= 0.6 is 34.5 Å². The molecule has 1 aliphatic rings. The Hall–Kier alpha value is -3.45.